The Morgan fingerprint density at radius 2 is 2.00 bits per heavy atom. The molecule has 0 atom stereocenters. The number of rotatable bonds is 6. The number of nitrogens with zero attached hydrogens (tertiary/aromatic N) is 2. The normalized spacial score (nSPS) is 13.8. The summed E-state index contributed by atoms with van der Waals surface area (Å²) >= 11 is 1.02. The molecule has 0 bridgehead atoms. The second-order valence-corrected chi connectivity index (χ2v) is 7.39. The van der Waals surface area contributed by atoms with Gasteiger partial charge in [-0.1, -0.05) is 54.7 Å². The van der Waals surface area contributed by atoms with Crippen LogP contribution in [0.1, 0.15) is 22.9 Å². The van der Waals surface area contributed by atoms with Crippen molar-refractivity contribution in [3.05, 3.63) is 74.2 Å². The molecular formula is C22H20N2O3S. The molecule has 4 rings (SSSR count). The first-order chi connectivity index (χ1) is 13.7. The Bertz CT molecular complexity index is 1110. The van der Waals surface area contributed by atoms with Gasteiger partial charge in [0.1, 0.15) is 12.4 Å². The van der Waals surface area contributed by atoms with Crippen molar-refractivity contribution in [1.29, 1.82) is 0 Å². The zero-order chi connectivity index (χ0) is 19.5. The van der Waals surface area contributed by atoms with Gasteiger partial charge in [-0.05, 0) is 30.2 Å². The maximum Gasteiger partial charge on any atom is 0.310 e. The molecule has 5 nitrogen and oxygen atoms in total. The van der Waals surface area contributed by atoms with Crippen molar-refractivity contribution in [2.75, 3.05) is 6.61 Å². The summed E-state index contributed by atoms with van der Waals surface area (Å²) in [6.07, 6.45) is 4.52. The number of aromatic hydroxyl groups is 1. The van der Waals surface area contributed by atoms with Crippen molar-refractivity contribution in [3.63, 3.8) is 0 Å². The molecule has 0 saturated heterocycles. The maximum atomic E-state index is 12.3. The molecule has 28 heavy (non-hydrogen) atoms. The number of para-hydroxylation sites is 2. The number of benzene rings is 2. The van der Waals surface area contributed by atoms with E-state index in [1.54, 1.807) is 6.21 Å². The van der Waals surface area contributed by atoms with Crippen LogP contribution in [0.15, 0.2) is 58.3 Å². The van der Waals surface area contributed by atoms with E-state index in [0.717, 1.165) is 40.3 Å². The number of fused-ring (bicyclic) bond motifs is 1. The summed E-state index contributed by atoms with van der Waals surface area (Å²) in [5, 5.41) is 10.5. The number of aryl methyl sites for hydroxylation is 1. The lowest BCUT2D eigenvalue weighted by molar-refractivity contribution is 0.286. The van der Waals surface area contributed by atoms with Gasteiger partial charge in [-0.3, -0.25) is 14.4 Å². The standard InChI is InChI=1S/C22H20N2O3S/c1-2-15-7-6-10-18-16(14-23-20(15)18)13-19-21(25)24(22(26)28-19)11-12-27-17-8-4-3-5-9-17/h3-10,13-14,25H,2,11-12H2,1H3. The second-order valence-electron chi connectivity index (χ2n) is 6.39. The molecule has 2 aromatic carbocycles. The van der Waals surface area contributed by atoms with Gasteiger partial charge in [-0.15, -0.1) is 0 Å². The molecule has 0 aliphatic carbocycles. The van der Waals surface area contributed by atoms with Gasteiger partial charge in [0.2, 0.25) is 5.88 Å². The monoisotopic (exact) mass is 392 g/mol. The van der Waals surface area contributed by atoms with Gasteiger partial charge < -0.3 is 9.84 Å². The predicted molar refractivity (Wildman–Crippen MR) is 114 cm³/mol. The SMILES string of the molecule is CCc1cccc2c1N=CC2=Cc1sc(=O)n(CCOc2ccccc2)c1O. The number of hydrogen-bond donors (Lipinski definition) is 1. The van der Waals surface area contributed by atoms with E-state index in [0.29, 0.717) is 11.5 Å². The summed E-state index contributed by atoms with van der Waals surface area (Å²) in [6.45, 7) is 2.68. The van der Waals surface area contributed by atoms with Crippen LogP contribution in [0.2, 0.25) is 0 Å². The average Bonchev–Trinajstić information content (AvgIpc) is 3.25. The zero-order valence-electron chi connectivity index (χ0n) is 15.5. The Morgan fingerprint density at radius 1 is 1.18 bits per heavy atom. The number of thiazole rings is 1. The average molecular weight is 392 g/mol. The molecule has 3 aromatic rings. The van der Waals surface area contributed by atoms with E-state index >= 15 is 0 Å². The van der Waals surface area contributed by atoms with E-state index in [4.69, 9.17) is 4.74 Å². The first-order valence-electron chi connectivity index (χ1n) is 9.16. The van der Waals surface area contributed by atoms with Gasteiger partial charge >= 0.3 is 4.87 Å². The van der Waals surface area contributed by atoms with E-state index in [1.807, 2.05) is 48.5 Å². The van der Waals surface area contributed by atoms with Crippen molar-refractivity contribution in [1.82, 2.24) is 4.57 Å². The fraction of sp³-hybridized carbons (Fsp3) is 0.182. The lowest BCUT2D eigenvalue weighted by Gasteiger charge is -2.07. The third-order valence-electron chi connectivity index (χ3n) is 4.65. The maximum absolute atomic E-state index is 12.3. The summed E-state index contributed by atoms with van der Waals surface area (Å²) < 4.78 is 6.97. The van der Waals surface area contributed by atoms with Crippen LogP contribution in [-0.4, -0.2) is 22.5 Å². The third kappa shape index (κ3) is 3.51. The molecule has 0 unspecified atom stereocenters. The third-order valence-corrected chi connectivity index (χ3v) is 5.57. The molecule has 0 fully saturated rings. The fourth-order valence-corrected chi connectivity index (χ4v) is 4.06. The first kappa shape index (κ1) is 18.3. The van der Waals surface area contributed by atoms with Gasteiger partial charge in [0.15, 0.2) is 0 Å². The molecular weight excluding hydrogens is 372 g/mol. The molecule has 0 radical (unpaired) electrons. The summed E-state index contributed by atoms with van der Waals surface area (Å²) in [5.74, 6) is 0.700. The molecule has 1 N–H and O–H groups in total. The van der Waals surface area contributed by atoms with E-state index in [9.17, 15) is 9.90 Å². The molecule has 1 aromatic heterocycles. The van der Waals surface area contributed by atoms with Crippen LogP contribution in [0.4, 0.5) is 5.69 Å². The quantitative estimate of drug-likeness (QED) is 0.671. The Kier molecular flexibility index (Phi) is 5.12. The number of hydrogen-bond acceptors (Lipinski definition) is 5. The van der Waals surface area contributed by atoms with Crippen molar-refractivity contribution >= 4 is 34.9 Å². The van der Waals surface area contributed by atoms with E-state index < -0.39 is 0 Å². The number of allylic oxidation sites excluding steroid dienone is 1. The molecule has 0 saturated carbocycles. The van der Waals surface area contributed by atoms with E-state index in [2.05, 4.69) is 18.0 Å². The Labute approximate surface area is 166 Å². The van der Waals surface area contributed by atoms with Crippen molar-refractivity contribution in [2.24, 2.45) is 4.99 Å². The number of ether oxygens (including phenoxy) is 1. The highest BCUT2D eigenvalue weighted by Crippen LogP contribution is 2.37. The highest BCUT2D eigenvalue weighted by atomic mass is 32.1. The van der Waals surface area contributed by atoms with Gasteiger partial charge in [0.25, 0.3) is 0 Å². The minimum Gasteiger partial charge on any atom is -0.493 e. The predicted octanol–water partition coefficient (Wildman–Crippen LogP) is 4.51. The largest absolute Gasteiger partial charge is 0.493 e. The molecule has 2 heterocycles. The highest BCUT2D eigenvalue weighted by Gasteiger charge is 2.18. The molecule has 1 aliphatic rings. The van der Waals surface area contributed by atoms with Crippen LogP contribution < -0.4 is 9.61 Å². The minimum atomic E-state index is -0.210. The van der Waals surface area contributed by atoms with E-state index in [1.165, 1.54) is 10.1 Å². The zero-order valence-corrected chi connectivity index (χ0v) is 16.3. The smallest absolute Gasteiger partial charge is 0.310 e. The molecule has 0 spiro atoms. The fourth-order valence-electron chi connectivity index (χ4n) is 3.20. The Morgan fingerprint density at radius 3 is 2.79 bits per heavy atom. The van der Waals surface area contributed by atoms with Gasteiger partial charge in [0, 0.05) is 17.4 Å². The molecule has 6 heteroatoms. The lowest BCUT2D eigenvalue weighted by atomic mass is 10.0. The van der Waals surface area contributed by atoms with Crippen molar-refractivity contribution in [3.8, 4) is 11.6 Å². The summed E-state index contributed by atoms with van der Waals surface area (Å²) in [4.78, 5) is 17.2. The van der Waals surface area contributed by atoms with Crippen LogP contribution >= 0.6 is 11.3 Å². The topological polar surface area (TPSA) is 63.8 Å². The summed E-state index contributed by atoms with van der Waals surface area (Å²) in [6, 6.07) is 15.5. The summed E-state index contributed by atoms with van der Waals surface area (Å²) in [5.41, 5.74) is 4.08. The first-order valence-corrected chi connectivity index (χ1v) is 9.97. The number of aromatic nitrogens is 1. The minimum absolute atomic E-state index is 0.0346. The van der Waals surface area contributed by atoms with Gasteiger partial charge in [-0.25, -0.2) is 0 Å². The van der Waals surface area contributed by atoms with Gasteiger partial charge in [-0.2, -0.15) is 0 Å². The van der Waals surface area contributed by atoms with E-state index in [-0.39, 0.29) is 17.3 Å². The Balaban J connectivity index is 1.55. The van der Waals surface area contributed by atoms with Crippen LogP contribution in [0, 0.1) is 0 Å². The molecule has 0 amide bonds. The van der Waals surface area contributed by atoms with Crippen molar-refractivity contribution in [2.45, 2.75) is 19.9 Å². The Hall–Kier alpha value is -3.12. The van der Waals surface area contributed by atoms with Crippen LogP contribution in [-0.2, 0) is 13.0 Å². The van der Waals surface area contributed by atoms with Crippen molar-refractivity contribution < 1.29 is 9.84 Å². The van der Waals surface area contributed by atoms with Crippen LogP contribution in [0.5, 0.6) is 11.6 Å². The molecule has 1 aliphatic heterocycles. The lowest BCUT2D eigenvalue weighted by Crippen LogP contribution is -2.17. The molecule has 142 valence electrons. The summed E-state index contributed by atoms with van der Waals surface area (Å²) in [7, 11) is 0. The second kappa shape index (κ2) is 7.86. The highest BCUT2D eigenvalue weighted by molar-refractivity contribution is 7.10. The van der Waals surface area contributed by atoms with Crippen LogP contribution in [0.25, 0.3) is 11.6 Å². The number of aliphatic imine (C=N–C) groups is 1. The van der Waals surface area contributed by atoms with Gasteiger partial charge in [0.05, 0.1) is 17.1 Å². The van der Waals surface area contributed by atoms with Crippen LogP contribution in [0.3, 0.4) is 0 Å².